The Labute approximate surface area is 152 Å². The van der Waals surface area contributed by atoms with Crippen LogP contribution in [0.5, 0.6) is 0 Å². The topological polar surface area (TPSA) is 80.2 Å². The quantitative estimate of drug-likeness (QED) is 0.745. The molecule has 0 radical (unpaired) electrons. The van der Waals surface area contributed by atoms with Crippen LogP contribution in [0.1, 0.15) is 51.9 Å². The first-order chi connectivity index (χ1) is 12.2. The summed E-state index contributed by atoms with van der Waals surface area (Å²) in [6.45, 7) is 4.05. The lowest BCUT2D eigenvalue weighted by atomic mass is 9.94. The summed E-state index contributed by atoms with van der Waals surface area (Å²) in [6.07, 6.45) is 7.98. The van der Waals surface area contributed by atoms with Crippen molar-refractivity contribution in [3.05, 3.63) is 10.5 Å². The van der Waals surface area contributed by atoms with E-state index in [9.17, 15) is 9.59 Å². The van der Waals surface area contributed by atoms with E-state index in [2.05, 4.69) is 10.2 Å². The third-order valence-electron chi connectivity index (χ3n) is 5.13. The molecule has 1 saturated heterocycles. The second-order valence-electron chi connectivity index (χ2n) is 6.82. The van der Waals surface area contributed by atoms with Crippen molar-refractivity contribution in [2.75, 3.05) is 18.9 Å². The van der Waals surface area contributed by atoms with E-state index in [1.165, 1.54) is 31.0 Å². The number of rotatable bonds is 7. The molecule has 1 atom stereocenters. The van der Waals surface area contributed by atoms with E-state index in [0.29, 0.717) is 23.5 Å². The lowest BCUT2D eigenvalue weighted by molar-refractivity contribution is -0.131. The van der Waals surface area contributed by atoms with Crippen LogP contribution < -0.4 is 5.69 Å². The maximum Gasteiger partial charge on any atom is 0.344 e. The minimum atomic E-state index is -0.231. The Bertz CT molecular complexity index is 618. The molecule has 0 spiro atoms. The van der Waals surface area contributed by atoms with Crippen molar-refractivity contribution in [2.24, 2.45) is 0 Å². The van der Waals surface area contributed by atoms with Gasteiger partial charge in [-0.3, -0.25) is 9.36 Å². The fraction of sp³-hybridized carbons (Fsp3) is 0.824. The molecular formula is C17H28N4O3S. The van der Waals surface area contributed by atoms with Gasteiger partial charge in [-0.1, -0.05) is 31.0 Å². The number of carbonyl (C=O) groups is 1. The zero-order valence-corrected chi connectivity index (χ0v) is 15.7. The molecule has 7 nitrogen and oxygen atoms in total. The van der Waals surface area contributed by atoms with E-state index in [4.69, 9.17) is 4.74 Å². The molecule has 1 aromatic heterocycles. The number of hydrogen-bond donors (Lipinski definition) is 1. The number of nitrogens with zero attached hydrogens (tertiary/aromatic N) is 3. The van der Waals surface area contributed by atoms with Crippen LogP contribution in [0.3, 0.4) is 0 Å². The minimum absolute atomic E-state index is 0.0692. The highest BCUT2D eigenvalue weighted by Gasteiger charge is 2.25. The normalized spacial score (nSPS) is 21.6. The number of amides is 1. The van der Waals surface area contributed by atoms with Gasteiger partial charge in [0.2, 0.25) is 5.91 Å². The van der Waals surface area contributed by atoms with Crippen LogP contribution >= 0.6 is 11.8 Å². The fourth-order valence-corrected chi connectivity index (χ4v) is 4.65. The smallest absolute Gasteiger partial charge is 0.344 e. The van der Waals surface area contributed by atoms with Gasteiger partial charge in [0.05, 0.1) is 18.4 Å². The van der Waals surface area contributed by atoms with Gasteiger partial charge in [-0.25, -0.2) is 9.89 Å². The molecule has 25 heavy (non-hydrogen) atoms. The van der Waals surface area contributed by atoms with Crippen molar-refractivity contribution in [1.82, 2.24) is 19.7 Å². The summed E-state index contributed by atoms with van der Waals surface area (Å²) in [5.74, 6) is 0.457. The molecule has 1 unspecified atom stereocenters. The Morgan fingerprint density at radius 2 is 2.12 bits per heavy atom. The summed E-state index contributed by atoms with van der Waals surface area (Å²) in [5, 5.41) is 7.16. The number of hydrogen-bond acceptors (Lipinski definition) is 5. The van der Waals surface area contributed by atoms with Crippen molar-refractivity contribution in [3.8, 4) is 0 Å². The predicted molar refractivity (Wildman–Crippen MR) is 96.8 cm³/mol. The average Bonchev–Trinajstić information content (AvgIpc) is 3.26. The molecule has 2 fully saturated rings. The maximum atomic E-state index is 12.7. The van der Waals surface area contributed by atoms with Gasteiger partial charge in [0.25, 0.3) is 0 Å². The number of ether oxygens (including phenoxy) is 1. The maximum absolute atomic E-state index is 12.7. The second-order valence-corrected chi connectivity index (χ2v) is 7.76. The van der Waals surface area contributed by atoms with E-state index in [1.807, 2.05) is 11.8 Å². The van der Waals surface area contributed by atoms with E-state index in [1.54, 1.807) is 4.57 Å². The van der Waals surface area contributed by atoms with Gasteiger partial charge in [0, 0.05) is 19.2 Å². The summed E-state index contributed by atoms with van der Waals surface area (Å²) >= 11 is 1.34. The largest absolute Gasteiger partial charge is 0.376 e. The zero-order valence-electron chi connectivity index (χ0n) is 14.9. The van der Waals surface area contributed by atoms with Crippen LogP contribution in [-0.2, 0) is 16.1 Å². The minimum Gasteiger partial charge on any atom is -0.376 e. The zero-order chi connectivity index (χ0) is 17.6. The van der Waals surface area contributed by atoms with Gasteiger partial charge in [0.15, 0.2) is 5.16 Å². The molecule has 1 saturated carbocycles. The summed E-state index contributed by atoms with van der Waals surface area (Å²) < 4.78 is 7.21. The molecule has 1 N–H and O–H groups in total. The third kappa shape index (κ3) is 4.67. The number of H-pyrrole nitrogens is 1. The molecule has 140 valence electrons. The monoisotopic (exact) mass is 368 g/mol. The average molecular weight is 369 g/mol. The Balaban J connectivity index is 1.58. The first kappa shape index (κ1) is 18.5. The molecule has 8 heteroatoms. The van der Waals surface area contributed by atoms with Gasteiger partial charge in [-0.05, 0) is 32.6 Å². The second kappa shape index (κ2) is 8.89. The lowest BCUT2D eigenvalue weighted by Gasteiger charge is -2.33. The number of carbonyl (C=O) groups excluding carboxylic acids is 1. The molecule has 2 heterocycles. The Morgan fingerprint density at radius 1 is 1.32 bits per heavy atom. The SMILES string of the molecule is CCN(C(=O)CSc1n[nH]c(=O)n1CC1CCCO1)C1CCCCC1. The molecule has 0 bridgehead atoms. The van der Waals surface area contributed by atoms with Crippen LogP contribution in [0.15, 0.2) is 9.95 Å². The predicted octanol–water partition coefficient (Wildman–Crippen LogP) is 2.02. The van der Waals surface area contributed by atoms with Crippen LogP contribution in [0.25, 0.3) is 0 Å². The first-order valence-electron chi connectivity index (χ1n) is 9.38. The van der Waals surface area contributed by atoms with Crippen LogP contribution in [-0.4, -0.2) is 56.6 Å². The van der Waals surface area contributed by atoms with Gasteiger partial charge in [0.1, 0.15) is 0 Å². The van der Waals surface area contributed by atoms with Crippen molar-refractivity contribution >= 4 is 17.7 Å². The highest BCUT2D eigenvalue weighted by molar-refractivity contribution is 7.99. The summed E-state index contributed by atoms with van der Waals surface area (Å²) in [4.78, 5) is 26.7. The number of aromatic amines is 1. The van der Waals surface area contributed by atoms with E-state index >= 15 is 0 Å². The Kier molecular flexibility index (Phi) is 6.58. The van der Waals surface area contributed by atoms with Crippen molar-refractivity contribution < 1.29 is 9.53 Å². The van der Waals surface area contributed by atoms with E-state index < -0.39 is 0 Å². The van der Waals surface area contributed by atoms with Gasteiger partial charge in [-0.2, -0.15) is 0 Å². The molecule has 1 aliphatic heterocycles. The molecule has 1 aromatic rings. The molecule has 1 amide bonds. The van der Waals surface area contributed by atoms with E-state index in [-0.39, 0.29) is 17.7 Å². The van der Waals surface area contributed by atoms with Crippen molar-refractivity contribution in [1.29, 1.82) is 0 Å². The molecule has 1 aliphatic carbocycles. The van der Waals surface area contributed by atoms with Gasteiger partial charge < -0.3 is 9.64 Å². The van der Waals surface area contributed by atoms with Crippen molar-refractivity contribution in [3.63, 3.8) is 0 Å². The molecule has 2 aliphatic rings. The standard InChI is InChI=1S/C17H28N4O3S/c1-2-20(13-7-4-3-5-8-13)15(22)12-25-17-19-18-16(23)21(17)11-14-9-6-10-24-14/h13-14H,2-12H2,1H3,(H,18,23). The molecule has 3 rings (SSSR count). The Hall–Kier alpha value is -1.28. The highest BCUT2D eigenvalue weighted by Crippen LogP contribution is 2.24. The highest BCUT2D eigenvalue weighted by atomic mass is 32.2. The molecular weight excluding hydrogens is 340 g/mol. The van der Waals surface area contributed by atoms with E-state index in [0.717, 1.165) is 38.8 Å². The summed E-state index contributed by atoms with van der Waals surface area (Å²) in [7, 11) is 0. The fourth-order valence-electron chi connectivity index (χ4n) is 3.81. The van der Waals surface area contributed by atoms with Crippen LogP contribution in [0.4, 0.5) is 0 Å². The number of aromatic nitrogens is 3. The van der Waals surface area contributed by atoms with Crippen molar-refractivity contribution in [2.45, 2.75) is 75.7 Å². The lowest BCUT2D eigenvalue weighted by Crippen LogP contribution is -2.42. The van der Waals surface area contributed by atoms with Gasteiger partial charge in [-0.15, -0.1) is 5.10 Å². The number of thioether (sulfide) groups is 1. The molecule has 0 aromatic carbocycles. The summed E-state index contributed by atoms with van der Waals surface area (Å²) in [6, 6.07) is 0.375. The van der Waals surface area contributed by atoms with Crippen LogP contribution in [0, 0.1) is 0 Å². The summed E-state index contributed by atoms with van der Waals surface area (Å²) in [5.41, 5.74) is -0.231. The third-order valence-corrected chi connectivity index (χ3v) is 6.10. The number of nitrogens with one attached hydrogen (secondary N) is 1. The Morgan fingerprint density at radius 3 is 2.80 bits per heavy atom. The van der Waals surface area contributed by atoms with Gasteiger partial charge >= 0.3 is 5.69 Å². The first-order valence-corrected chi connectivity index (χ1v) is 10.4. The van der Waals surface area contributed by atoms with Crippen LogP contribution in [0.2, 0.25) is 0 Å².